The van der Waals surface area contributed by atoms with Gasteiger partial charge in [0.05, 0.1) is 0 Å². The van der Waals surface area contributed by atoms with Crippen LogP contribution in [0.1, 0.15) is 31.5 Å². The number of rotatable bonds is 7. The topological polar surface area (TPSA) is 70.6 Å². The number of hydrogen-bond donors (Lipinski definition) is 1. The highest BCUT2D eigenvalue weighted by atomic mass is 19.4. The van der Waals surface area contributed by atoms with E-state index in [9.17, 15) is 31.1 Å². The van der Waals surface area contributed by atoms with E-state index in [1.54, 1.807) is 6.92 Å². The molecule has 3 rings (SSSR count). The largest absolute Gasteiger partial charge is 0.573 e. The van der Waals surface area contributed by atoms with Crippen LogP contribution in [-0.2, 0) is 4.79 Å². The number of nitrogens with one attached hydrogen (secondary N) is 1. The summed E-state index contributed by atoms with van der Waals surface area (Å²) in [5.41, 5.74) is -0.153. The molecule has 0 radical (unpaired) electrons. The van der Waals surface area contributed by atoms with Crippen molar-refractivity contribution in [1.82, 2.24) is 9.97 Å². The Kier molecular flexibility index (Phi) is 8.19. The summed E-state index contributed by atoms with van der Waals surface area (Å²) in [4.78, 5) is 23.3. The summed E-state index contributed by atoms with van der Waals surface area (Å²) >= 11 is 0. The van der Waals surface area contributed by atoms with Crippen molar-refractivity contribution in [3.63, 3.8) is 0 Å². The summed E-state index contributed by atoms with van der Waals surface area (Å²) < 4.78 is 80.8. The van der Waals surface area contributed by atoms with Crippen LogP contribution >= 0.6 is 0 Å². The maximum atomic E-state index is 13.3. The third-order valence-electron chi connectivity index (χ3n) is 5.79. The number of carbonyl (C=O) groups excluding carboxylic acids is 1. The fraction of sp³-hybridized carbons (Fsp3) is 0.522. The van der Waals surface area contributed by atoms with Crippen LogP contribution in [-0.4, -0.2) is 55.1 Å². The second-order valence-electron chi connectivity index (χ2n) is 8.87. The Bertz CT molecular complexity index is 1030. The third kappa shape index (κ3) is 7.62. The standard InChI is InChI=1S/C23H27F6N5O2/c1-14-30-19(12-20(31-14)33(2)3)32-16-6-4-15(5-7-16)13-34(21(35)22(24,25)26)17-8-10-18(11-9-17)36-23(27,28)29/h8-12,15-16H,4-7,13H2,1-3H3,(H,30,31,32). The van der Waals surface area contributed by atoms with Gasteiger partial charge in [0.2, 0.25) is 0 Å². The smallest absolute Gasteiger partial charge is 0.406 e. The highest BCUT2D eigenvalue weighted by molar-refractivity contribution is 5.97. The molecular formula is C23H27F6N5O2. The number of ether oxygens (including phenoxy) is 1. The molecule has 0 saturated heterocycles. The van der Waals surface area contributed by atoms with Crippen molar-refractivity contribution in [2.75, 3.05) is 35.8 Å². The molecule has 1 aliphatic carbocycles. The van der Waals surface area contributed by atoms with E-state index in [1.807, 2.05) is 25.1 Å². The normalized spacial score (nSPS) is 18.5. The summed E-state index contributed by atoms with van der Waals surface area (Å²) in [7, 11) is 3.73. The minimum atomic E-state index is -5.13. The van der Waals surface area contributed by atoms with Gasteiger partial charge in [-0.3, -0.25) is 4.79 Å². The Morgan fingerprint density at radius 3 is 2.17 bits per heavy atom. The summed E-state index contributed by atoms with van der Waals surface area (Å²) in [5, 5.41) is 3.35. The van der Waals surface area contributed by atoms with Crippen molar-refractivity contribution >= 4 is 23.2 Å². The van der Waals surface area contributed by atoms with Gasteiger partial charge in [0.1, 0.15) is 23.2 Å². The van der Waals surface area contributed by atoms with Crippen LogP contribution < -0.4 is 19.9 Å². The van der Waals surface area contributed by atoms with Crippen molar-refractivity contribution in [3.05, 3.63) is 36.2 Å². The van der Waals surface area contributed by atoms with E-state index in [4.69, 9.17) is 0 Å². The lowest BCUT2D eigenvalue weighted by molar-refractivity contribution is -0.274. The van der Waals surface area contributed by atoms with Gasteiger partial charge in [-0.1, -0.05) is 0 Å². The molecule has 1 heterocycles. The predicted molar refractivity (Wildman–Crippen MR) is 122 cm³/mol. The fourth-order valence-corrected chi connectivity index (χ4v) is 4.10. The van der Waals surface area contributed by atoms with Crippen molar-refractivity contribution < 1.29 is 35.9 Å². The van der Waals surface area contributed by atoms with Crippen LogP contribution in [0.4, 0.5) is 43.7 Å². The Balaban J connectivity index is 1.66. The average Bonchev–Trinajstić information content (AvgIpc) is 2.77. The molecule has 1 N–H and O–H groups in total. The molecule has 0 aliphatic heterocycles. The maximum Gasteiger partial charge on any atom is 0.573 e. The zero-order valence-corrected chi connectivity index (χ0v) is 20.0. The summed E-state index contributed by atoms with van der Waals surface area (Å²) in [6, 6.07) is 5.65. The number of hydrogen-bond acceptors (Lipinski definition) is 6. The van der Waals surface area contributed by atoms with Gasteiger partial charge in [-0.05, 0) is 62.8 Å². The molecule has 1 saturated carbocycles. The zero-order valence-electron chi connectivity index (χ0n) is 20.0. The first-order valence-electron chi connectivity index (χ1n) is 11.3. The van der Waals surface area contributed by atoms with E-state index in [2.05, 4.69) is 20.0 Å². The minimum absolute atomic E-state index is 0.0520. The molecule has 1 aromatic carbocycles. The van der Waals surface area contributed by atoms with Crippen LogP contribution in [0.15, 0.2) is 30.3 Å². The van der Waals surface area contributed by atoms with Gasteiger partial charge >= 0.3 is 18.4 Å². The molecule has 1 fully saturated rings. The van der Waals surface area contributed by atoms with E-state index < -0.39 is 24.2 Å². The van der Waals surface area contributed by atoms with E-state index in [1.165, 1.54) is 0 Å². The van der Waals surface area contributed by atoms with E-state index in [0.29, 0.717) is 42.2 Å². The second-order valence-corrected chi connectivity index (χ2v) is 8.87. The number of aryl methyl sites for hydroxylation is 1. The van der Waals surface area contributed by atoms with Crippen LogP contribution in [0.25, 0.3) is 0 Å². The summed E-state index contributed by atoms with van der Waals surface area (Å²) in [5.74, 6) is -0.874. The Morgan fingerprint density at radius 2 is 1.64 bits per heavy atom. The number of benzene rings is 1. The molecular weight excluding hydrogens is 492 g/mol. The molecule has 0 unspecified atom stereocenters. The monoisotopic (exact) mass is 519 g/mol. The molecule has 2 aromatic rings. The number of halogens is 6. The van der Waals surface area contributed by atoms with Gasteiger partial charge < -0.3 is 19.9 Å². The van der Waals surface area contributed by atoms with Gasteiger partial charge in [-0.2, -0.15) is 13.2 Å². The lowest BCUT2D eigenvalue weighted by Crippen LogP contribution is -2.44. The maximum absolute atomic E-state index is 13.3. The first-order chi connectivity index (χ1) is 16.7. The second kappa shape index (κ2) is 10.8. The summed E-state index contributed by atoms with van der Waals surface area (Å²) in [6.07, 6.45) is -7.66. The Hall–Kier alpha value is -3.25. The number of anilines is 3. The van der Waals surface area contributed by atoms with Crippen LogP contribution in [0.5, 0.6) is 5.75 Å². The highest BCUT2D eigenvalue weighted by Gasteiger charge is 2.44. The number of amides is 1. The molecule has 198 valence electrons. The number of nitrogens with zero attached hydrogens (tertiary/aromatic N) is 4. The van der Waals surface area contributed by atoms with Gasteiger partial charge in [-0.15, -0.1) is 13.2 Å². The highest BCUT2D eigenvalue weighted by Crippen LogP contribution is 2.32. The molecule has 0 bridgehead atoms. The van der Waals surface area contributed by atoms with Gasteiger partial charge in [0, 0.05) is 38.4 Å². The Labute approximate surface area is 204 Å². The SMILES string of the molecule is Cc1nc(NC2CCC(CN(C(=O)C(F)(F)F)c3ccc(OC(F)(F)F)cc3)CC2)cc(N(C)C)n1. The fourth-order valence-electron chi connectivity index (χ4n) is 4.10. The molecule has 1 amide bonds. The van der Waals surface area contributed by atoms with E-state index in [0.717, 1.165) is 30.1 Å². The zero-order chi connectivity index (χ0) is 26.7. The molecule has 0 spiro atoms. The van der Waals surface area contributed by atoms with Crippen molar-refractivity contribution in [3.8, 4) is 5.75 Å². The number of aromatic nitrogens is 2. The molecule has 13 heteroatoms. The first-order valence-corrected chi connectivity index (χ1v) is 11.3. The lowest BCUT2D eigenvalue weighted by Gasteiger charge is -2.33. The average molecular weight is 519 g/mol. The first kappa shape index (κ1) is 27.3. The third-order valence-corrected chi connectivity index (χ3v) is 5.79. The quantitative estimate of drug-likeness (QED) is 0.500. The number of alkyl halides is 6. The van der Waals surface area contributed by atoms with E-state index in [-0.39, 0.29) is 24.2 Å². The molecule has 1 aromatic heterocycles. The van der Waals surface area contributed by atoms with Crippen molar-refractivity contribution in [2.24, 2.45) is 5.92 Å². The molecule has 1 aliphatic rings. The van der Waals surface area contributed by atoms with E-state index >= 15 is 0 Å². The minimum Gasteiger partial charge on any atom is -0.406 e. The van der Waals surface area contributed by atoms with Gasteiger partial charge in [0.25, 0.3) is 0 Å². The molecule has 7 nitrogen and oxygen atoms in total. The lowest BCUT2D eigenvalue weighted by atomic mass is 9.85. The van der Waals surface area contributed by atoms with Gasteiger partial charge in [0.15, 0.2) is 0 Å². The molecule has 0 atom stereocenters. The van der Waals surface area contributed by atoms with Crippen LogP contribution in [0.3, 0.4) is 0 Å². The summed E-state index contributed by atoms with van der Waals surface area (Å²) in [6.45, 7) is 1.57. The van der Waals surface area contributed by atoms with Crippen LogP contribution in [0.2, 0.25) is 0 Å². The van der Waals surface area contributed by atoms with Crippen LogP contribution in [0, 0.1) is 12.8 Å². The van der Waals surface area contributed by atoms with Gasteiger partial charge in [-0.25, -0.2) is 9.97 Å². The number of carbonyl (C=O) groups is 1. The van der Waals surface area contributed by atoms with Crippen molar-refractivity contribution in [2.45, 2.75) is 51.2 Å². The van der Waals surface area contributed by atoms with Crippen molar-refractivity contribution in [1.29, 1.82) is 0 Å². The predicted octanol–water partition coefficient (Wildman–Crippen LogP) is 5.32. The Morgan fingerprint density at radius 1 is 1.03 bits per heavy atom. The molecule has 36 heavy (non-hydrogen) atoms.